The maximum absolute atomic E-state index is 11.8. The lowest BCUT2D eigenvalue weighted by atomic mass is 10.2. The van der Waals surface area contributed by atoms with Gasteiger partial charge in [-0.15, -0.1) is 0 Å². The summed E-state index contributed by atoms with van der Waals surface area (Å²) in [5.41, 5.74) is -0.499. The Morgan fingerprint density at radius 2 is 2.12 bits per heavy atom. The molecule has 6 nitrogen and oxygen atoms in total. The highest BCUT2D eigenvalue weighted by Gasteiger charge is 2.15. The fourth-order valence-corrected chi connectivity index (χ4v) is 1.47. The van der Waals surface area contributed by atoms with E-state index in [1.807, 2.05) is 0 Å². The maximum Gasteiger partial charge on any atom is 0.372 e. The van der Waals surface area contributed by atoms with Crippen LogP contribution in [0.3, 0.4) is 0 Å². The Kier molecular flexibility index (Phi) is 2.12. The molecule has 82 valence electrons. The summed E-state index contributed by atoms with van der Waals surface area (Å²) in [6.07, 6.45) is 0. The smallest absolute Gasteiger partial charge is 0.372 e. The molecular formula is C10H8N2O4. The Morgan fingerprint density at radius 3 is 2.75 bits per heavy atom. The molecule has 16 heavy (non-hydrogen) atoms. The van der Waals surface area contributed by atoms with Gasteiger partial charge in [-0.3, -0.25) is 9.36 Å². The Balaban J connectivity index is 3.01. The van der Waals surface area contributed by atoms with Crippen molar-refractivity contribution in [3.05, 3.63) is 34.4 Å². The first-order valence-corrected chi connectivity index (χ1v) is 4.44. The van der Waals surface area contributed by atoms with E-state index in [-0.39, 0.29) is 16.7 Å². The zero-order valence-corrected chi connectivity index (χ0v) is 8.34. The minimum absolute atomic E-state index is 0.00278. The summed E-state index contributed by atoms with van der Waals surface area (Å²) in [6.45, 7) is 0. The Morgan fingerprint density at radius 1 is 1.44 bits per heavy atom. The second-order valence-corrected chi connectivity index (χ2v) is 3.28. The van der Waals surface area contributed by atoms with Crippen molar-refractivity contribution >= 4 is 16.9 Å². The number of carboxylic acids is 1. The van der Waals surface area contributed by atoms with Crippen molar-refractivity contribution in [1.29, 1.82) is 0 Å². The van der Waals surface area contributed by atoms with Crippen LogP contribution in [-0.2, 0) is 7.05 Å². The fourth-order valence-electron chi connectivity index (χ4n) is 1.47. The summed E-state index contributed by atoms with van der Waals surface area (Å²) in [6, 6.07) is 4.33. The van der Waals surface area contributed by atoms with Crippen LogP contribution in [0, 0.1) is 0 Å². The van der Waals surface area contributed by atoms with Crippen molar-refractivity contribution in [3.63, 3.8) is 0 Å². The third kappa shape index (κ3) is 1.31. The van der Waals surface area contributed by atoms with Gasteiger partial charge in [0.05, 0.1) is 5.39 Å². The lowest BCUT2D eigenvalue weighted by molar-refractivity contribution is 0.0678. The molecule has 0 aliphatic rings. The number of aromatic carboxylic acids is 1. The molecule has 0 aliphatic heterocycles. The van der Waals surface area contributed by atoms with Gasteiger partial charge in [0.2, 0.25) is 5.82 Å². The van der Waals surface area contributed by atoms with Gasteiger partial charge in [-0.2, -0.15) is 0 Å². The molecule has 1 heterocycles. The van der Waals surface area contributed by atoms with Crippen LogP contribution >= 0.6 is 0 Å². The second kappa shape index (κ2) is 3.34. The quantitative estimate of drug-likeness (QED) is 0.722. The topological polar surface area (TPSA) is 92.4 Å². The molecule has 0 bridgehead atoms. The Hall–Kier alpha value is -2.37. The first-order chi connectivity index (χ1) is 7.52. The molecule has 0 amide bonds. The number of aromatic hydroxyl groups is 1. The number of fused-ring (bicyclic) bond motifs is 1. The number of phenols is 1. The van der Waals surface area contributed by atoms with Crippen molar-refractivity contribution < 1.29 is 15.0 Å². The number of benzene rings is 1. The first-order valence-electron chi connectivity index (χ1n) is 4.44. The molecule has 6 heteroatoms. The predicted octanol–water partition coefficient (Wildman–Crippen LogP) is 0.337. The minimum atomic E-state index is -1.32. The van der Waals surface area contributed by atoms with Gasteiger partial charge in [0.25, 0.3) is 5.56 Å². The highest BCUT2D eigenvalue weighted by molar-refractivity contribution is 5.89. The molecule has 2 N–H and O–H groups in total. The van der Waals surface area contributed by atoms with E-state index in [9.17, 15) is 14.7 Å². The number of hydrogen-bond acceptors (Lipinski definition) is 4. The SMILES string of the molecule is Cn1c(C(=O)O)nc2c(O)cccc2c1=O. The van der Waals surface area contributed by atoms with Gasteiger partial charge in [0, 0.05) is 7.05 Å². The number of para-hydroxylation sites is 1. The number of carboxylic acid groups (broad SMARTS) is 1. The Bertz CT molecular complexity index is 645. The molecule has 1 aromatic carbocycles. The van der Waals surface area contributed by atoms with E-state index in [1.165, 1.54) is 25.2 Å². The van der Waals surface area contributed by atoms with Crippen molar-refractivity contribution in [3.8, 4) is 5.75 Å². The fraction of sp³-hybridized carbons (Fsp3) is 0.100. The van der Waals surface area contributed by atoms with Gasteiger partial charge >= 0.3 is 5.97 Å². The first kappa shape index (κ1) is 10.2. The van der Waals surface area contributed by atoms with Crippen LogP contribution in [0.4, 0.5) is 0 Å². The molecule has 0 saturated heterocycles. The number of phenolic OH excluding ortho intramolecular Hbond substituents is 1. The van der Waals surface area contributed by atoms with Gasteiger partial charge in [-0.1, -0.05) is 6.07 Å². The van der Waals surface area contributed by atoms with Crippen molar-refractivity contribution in [1.82, 2.24) is 9.55 Å². The summed E-state index contributed by atoms with van der Waals surface area (Å²) >= 11 is 0. The molecule has 0 spiro atoms. The standard InChI is InChI=1S/C10H8N2O4/c1-12-8(10(15)16)11-7-5(9(12)14)3-2-4-6(7)13/h2-4,13H,1H3,(H,15,16). The molecule has 2 aromatic rings. The summed E-state index contributed by atoms with van der Waals surface area (Å²) in [5.74, 6) is -1.93. The number of carbonyl (C=O) groups is 1. The Labute approximate surface area is 89.4 Å². The van der Waals surface area contributed by atoms with Crippen LogP contribution in [0.2, 0.25) is 0 Å². The molecule has 0 fully saturated rings. The van der Waals surface area contributed by atoms with Crippen LogP contribution in [-0.4, -0.2) is 25.7 Å². The maximum atomic E-state index is 11.8. The van der Waals surface area contributed by atoms with Gasteiger partial charge in [-0.25, -0.2) is 9.78 Å². The molecule has 0 unspecified atom stereocenters. The molecule has 0 atom stereocenters. The highest BCUT2D eigenvalue weighted by Crippen LogP contribution is 2.19. The normalized spacial score (nSPS) is 10.6. The highest BCUT2D eigenvalue weighted by atomic mass is 16.4. The second-order valence-electron chi connectivity index (χ2n) is 3.28. The lowest BCUT2D eigenvalue weighted by Crippen LogP contribution is -2.25. The van der Waals surface area contributed by atoms with Crippen molar-refractivity contribution in [2.45, 2.75) is 0 Å². The van der Waals surface area contributed by atoms with Crippen LogP contribution in [0.15, 0.2) is 23.0 Å². The summed E-state index contributed by atoms with van der Waals surface area (Å²) in [5, 5.41) is 18.5. The third-order valence-electron chi connectivity index (χ3n) is 2.28. The van der Waals surface area contributed by atoms with Crippen molar-refractivity contribution in [2.75, 3.05) is 0 Å². The zero-order chi connectivity index (χ0) is 11.9. The van der Waals surface area contributed by atoms with E-state index < -0.39 is 17.4 Å². The molecule has 1 aromatic heterocycles. The van der Waals surface area contributed by atoms with Gasteiger partial charge in [-0.05, 0) is 12.1 Å². The van der Waals surface area contributed by atoms with Crippen LogP contribution in [0.1, 0.15) is 10.6 Å². The summed E-state index contributed by atoms with van der Waals surface area (Å²) < 4.78 is 0.935. The molecule has 0 radical (unpaired) electrons. The van der Waals surface area contributed by atoms with E-state index >= 15 is 0 Å². The average molecular weight is 220 g/mol. The van der Waals surface area contributed by atoms with Crippen molar-refractivity contribution in [2.24, 2.45) is 7.05 Å². The van der Waals surface area contributed by atoms with Crippen LogP contribution in [0.25, 0.3) is 10.9 Å². The number of aromatic nitrogens is 2. The summed E-state index contributed by atoms with van der Waals surface area (Å²) in [4.78, 5) is 26.3. The van der Waals surface area contributed by atoms with Gasteiger partial charge in [0.15, 0.2) is 0 Å². The molecule has 2 rings (SSSR count). The van der Waals surface area contributed by atoms with Crippen LogP contribution in [0.5, 0.6) is 5.75 Å². The zero-order valence-electron chi connectivity index (χ0n) is 8.34. The number of nitrogens with zero attached hydrogens (tertiary/aromatic N) is 2. The molecule has 0 saturated carbocycles. The molecule has 0 aliphatic carbocycles. The van der Waals surface area contributed by atoms with E-state index in [0.717, 1.165) is 4.57 Å². The average Bonchev–Trinajstić information content (AvgIpc) is 2.23. The van der Waals surface area contributed by atoms with Gasteiger partial charge in [0.1, 0.15) is 11.3 Å². The largest absolute Gasteiger partial charge is 0.506 e. The monoisotopic (exact) mass is 220 g/mol. The van der Waals surface area contributed by atoms with E-state index in [1.54, 1.807) is 0 Å². The van der Waals surface area contributed by atoms with Crippen LogP contribution < -0.4 is 5.56 Å². The predicted molar refractivity (Wildman–Crippen MR) is 55.6 cm³/mol. The number of hydrogen-bond donors (Lipinski definition) is 2. The lowest BCUT2D eigenvalue weighted by Gasteiger charge is -2.05. The van der Waals surface area contributed by atoms with E-state index in [2.05, 4.69) is 4.98 Å². The molecular weight excluding hydrogens is 212 g/mol. The third-order valence-corrected chi connectivity index (χ3v) is 2.28. The van der Waals surface area contributed by atoms with E-state index in [4.69, 9.17) is 5.11 Å². The van der Waals surface area contributed by atoms with Gasteiger partial charge < -0.3 is 10.2 Å². The number of rotatable bonds is 1. The summed E-state index contributed by atoms with van der Waals surface area (Å²) in [7, 11) is 1.32. The minimum Gasteiger partial charge on any atom is -0.506 e. The van der Waals surface area contributed by atoms with E-state index in [0.29, 0.717) is 0 Å².